The van der Waals surface area contributed by atoms with E-state index in [1.165, 1.54) is 4.57 Å². The van der Waals surface area contributed by atoms with Gasteiger partial charge in [-0.1, -0.05) is 0 Å². The Morgan fingerprint density at radius 1 is 1.33 bits per heavy atom. The van der Waals surface area contributed by atoms with E-state index in [4.69, 9.17) is 12.2 Å². The van der Waals surface area contributed by atoms with Gasteiger partial charge in [0.1, 0.15) is 11.2 Å². The molecule has 2 N–H and O–H groups in total. The molecule has 2 aromatic rings. The number of nitrogens with zero attached hydrogens (tertiary/aromatic N) is 2. The summed E-state index contributed by atoms with van der Waals surface area (Å²) in [4.78, 5) is 29.0. The lowest BCUT2D eigenvalue weighted by atomic mass is 10.5. The third-order valence-electron chi connectivity index (χ3n) is 2.34. The van der Waals surface area contributed by atoms with Crippen LogP contribution in [0.15, 0.2) is 9.59 Å². The number of imidazole rings is 1. The summed E-state index contributed by atoms with van der Waals surface area (Å²) in [5.41, 5.74) is 0.0758. The van der Waals surface area contributed by atoms with Crippen molar-refractivity contribution in [3.8, 4) is 0 Å². The number of fused-ring (bicyclic) bond motifs is 1. The predicted octanol–water partition coefficient (Wildman–Crippen LogP) is 0.106. The van der Waals surface area contributed by atoms with Crippen molar-refractivity contribution in [3.63, 3.8) is 0 Å². The Balaban J connectivity index is 3.16. The summed E-state index contributed by atoms with van der Waals surface area (Å²) in [6, 6.07) is 0. The normalized spacial score (nSPS) is 11.1. The van der Waals surface area contributed by atoms with Crippen LogP contribution in [0, 0.1) is 4.77 Å². The van der Waals surface area contributed by atoms with Crippen LogP contribution >= 0.6 is 12.2 Å². The van der Waals surface area contributed by atoms with Crippen molar-refractivity contribution < 1.29 is 0 Å². The summed E-state index contributed by atoms with van der Waals surface area (Å²) >= 11 is 4.88. The Labute approximate surface area is 89.2 Å². The van der Waals surface area contributed by atoms with Crippen LogP contribution in [0.3, 0.4) is 0 Å². The van der Waals surface area contributed by atoms with Crippen LogP contribution in [0.2, 0.25) is 0 Å². The zero-order valence-corrected chi connectivity index (χ0v) is 9.14. The highest BCUT2D eigenvalue weighted by Crippen LogP contribution is 2.00. The van der Waals surface area contributed by atoms with Gasteiger partial charge < -0.3 is 9.97 Å². The Kier molecular flexibility index (Phi) is 2.11. The van der Waals surface area contributed by atoms with Crippen molar-refractivity contribution in [1.82, 2.24) is 19.1 Å². The van der Waals surface area contributed by atoms with Gasteiger partial charge in [0.15, 0.2) is 4.77 Å². The van der Waals surface area contributed by atoms with Gasteiger partial charge in [-0.25, -0.2) is 4.79 Å². The summed E-state index contributed by atoms with van der Waals surface area (Å²) < 4.78 is 2.86. The van der Waals surface area contributed by atoms with E-state index in [0.29, 0.717) is 22.5 Å². The first-order valence-electron chi connectivity index (χ1n) is 4.48. The van der Waals surface area contributed by atoms with Gasteiger partial charge in [0, 0.05) is 13.6 Å². The number of aryl methyl sites for hydroxylation is 1. The van der Waals surface area contributed by atoms with Gasteiger partial charge in [0.05, 0.1) is 0 Å². The maximum absolute atomic E-state index is 11.8. The molecule has 0 fully saturated rings. The van der Waals surface area contributed by atoms with E-state index in [2.05, 4.69) is 9.97 Å². The van der Waals surface area contributed by atoms with Crippen molar-refractivity contribution in [2.75, 3.05) is 0 Å². The maximum atomic E-state index is 11.8. The average Bonchev–Trinajstić information content (AvgIpc) is 2.58. The molecule has 0 spiro atoms. The predicted molar refractivity (Wildman–Crippen MR) is 58.7 cm³/mol. The van der Waals surface area contributed by atoms with E-state index < -0.39 is 0 Å². The lowest BCUT2D eigenvalue weighted by Crippen LogP contribution is -2.38. The molecule has 15 heavy (non-hydrogen) atoms. The van der Waals surface area contributed by atoms with Crippen LogP contribution < -0.4 is 11.2 Å². The largest absolute Gasteiger partial charge is 0.332 e. The Hall–Kier alpha value is -1.63. The minimum atomic E-state index is -0.347. The van der Waals surface area contributed by atoms with Crippen molar-refractivity contribution >= 4 is 23.4 Å². The molecule has 0 aliphatic carbocycles. The van der Waals surface area contributed by atoms with Crippen LogP contribution in [0.1, 0.15) is 6.92 Å². The smallest absolute Gasteiger partial charge is 0.325 e. The summed E-state index contributed by atoms with van der Waals surface area (Å²) in [5, 5.41) is 0. The molecule has 0 unspecified atom stereocenters. The number of rotatable bonds is 1. The van der Waals surface area contributed by atoms with Crippen LogP contribution in [0.4, 0.5) is 0 Å². The first kappa shape index (κ1) is 9.91. The van der Waals surface area contributed by atoms with Gasteiger partial charge >= 0.3 is 5.69 Å². The van der Waals surface area contributed by atoms with Crippen LogP contribution in [-0.2, 0) is 13.6 Å². The van der Waals surface area contributed by atoms with Crippen molar-refractivity contribution in [2.45, 2.75) is 13.5 Å². The molecule has 6 nitrogen and oxygen atoms in total. The van der Waals surface area contributed by atoms with Gasteiger partial charge in [-0.2, -0.15) is 0 Å². The van der Waals surface area contributed by atoms with E-state index >= 15 is 0 Å². The zero-order chi connectivity index (χ0) is 11.2. The van der Waals surface area contributed by atoms with E-state index in [1.54, 1.807) is 14.0 Å². The summed E-state index contributed by atoms with van der Waals surface area (Å²) in [6.07, 6.45) is 0. The molecular weight excluding hydrogens is 216 g/mol. The van der Waals surface area contributed by atoms with Crippen molar-refractivity contribution in [3.05, 3.63) is 25.6 Å². The van der Waals surface area contributed by atoms with Crippen molar-refractivity contribution in [2.24, 2.45) is 7.05 Å². The second kappa shape index (κ2) is 3.20. The molecule has 80 valence electrons. The Bertz CT molecular complexity index is 687. The molecule has 0 bridgehead atoms. The van der Waals surface area contributed by atoms with Gasteiger partial charge in [-0.05, 0) is 19.1 Å². The van der Waals surface area contributed by atoms with Crippen LogP contribution in [-0.4, -0.2) is 19.1 Å². The minimum absolute atomic E-state index is 0.337. The molecule has 0 saturated heterocycles. The molecule has 2 heterocycles. The quantitative estimate of drug-likeness (QED) is 0.677. The van der Waals surface area contributed by atoms with E-state index in [1.807, 2.05) is 0 Å². The van der Waals surface area contributed by atoms with Gasteiger partial charge in [-0.15, -0.1) is 0 Å². The molecular formula is C8H10N4O2S. The topological polar surface area (TPSA) is 75.6 Å². The second-order valence-electron chi connectivity index (χ2n) is 3.19. The fourth-order valence-corrected chi connectivity index (χ4v) is 1.76. The average molecular weight is 226 g/mol. The van der Waals surface area contributed by atoms with Gasteiger partial charge in [0.2, 0.25) is 0 Å². The lowest BCUT2D eigenvalue weighted by Gasteiger charge is -2.04. The fraction of sp³-hybridized carbons (Fsp3) is 0.375. The lowest BCUT2D eigenvalue weighted by molar-refractivity contribution is 0.637. The summed E-state index contributed by atoms with van der Waals surface area (Å²) in [5.74, 6) is 0. The van der Waals surface area contributed by atoms with Crippen LogP contribution in [0.5, 0.6) is 0 Å². The molecule has 0 aliphatic heterocycles. The summed E-state index contributed by atoms with van der Waals surface area (Å²) in [7, 11) is 1.59. The number of nitrogens with one attached hydrogen (secondary N) is 2. The third kappa shape index (κ3) is 1.27. The SMILES string of the molecule is CCn1c(=O)c2[nH]c(=S)[nH]c2n(C)c1=O. The molecule has 0 atom stereocenters. The first-order chi connectivity index (χ1) is 7.06. The third-order valence-corrected chi connectivity index (χ3v) is 2.54. The second-order valence-corrected chi connectivity index (χ2v) is 3.60. The van der Waals surface area contributed by atoms with Crippen molar-refractivity contribution in [1.29, 1.82) is 0 Å². The highest BCUT2D eigenvalue weighted by molar-refractivity contribution is 7.71. The number of hydrogen-bond donors (Lipinski definition) is 2. The number of H-pyrrole nitrogens is 2. The maximum Gasteiger partial charge on any atom is 0.332 e. The standard InChI is InChI=1S/C8H10N4O2S/c1-3-12-6(13)4-5(10-7(15)9-4)11(2)8(12)14/h3H2,1-2H3,(H2,9,10,15). The number of hydrogen-bond acceptors (Lipinski definition) is 3. The molecule has 2 rings (SSSR count). The first-order valence-corrected chi connectivity index (χ1v) is 4.89. The molecule has 0 aliphatic rings. The molecule has 7 heteroatoms. The van der Waals surface area contributed by atoms with E-state index in [0.717, 1.165) is 4.57 Å². The zero-order valence-electron chi connectivity index (χ0n) is 8.33. The van der Waals surface area contributed by atoms with E-state index in [9.17, 15) is 9.59 Å². The molecule has 2 aromatic heterocycles. The molecule has 0 radical (unpaired) electrons. The molecule has 0 aromatic carbocycles. The van der Waals surface area contributed by atoms with Gasteiger partial charge in [0.25, 0.3) is 5.56 Å². The summed E-state index contributed by atoms with van der Waals surface area (Å²) in [6.45, 7) is 2.09. The minimum Gasteiger partial charge on any atom is -0.325 e. The van der Waals surface area contributed by atoms with Gasteiger partial charge in [-0.3, -0.25) is 13.9 Å². The fourth-order valence-electron chi connectivity index (χ4n) is 1.56. The molecule has 0 saturated carbocycles. The molecule has 0 amide bonds. The Morgan fingerprint density at radius 2 is 2.00 bits per heavy atom. The monoisotopic (exact) mass is 226 g/mol. The van der Waals surface area contributed by atoms with E-state index in [-0.39, 0.29) is 11.2 Å². The Morgan fingerprint density at radius 3 is 2.60 bits per heavy atom. The highest BCUT2D eigenvalue weighted by atomic mass is 32.1. The number of aromatic nitrogens is 4. The van der Waals surface area contributed by atoms with Crippen LogP contribution in [0.25, 0.3) is 11.2 Å². The highest BCUT2D eigenvalue weighted by Gasteiger charge is 2.10. The number of aromatic amines is 2.